The van der Waals surface area contributed by atoms with E-state index in [9.17, 15) is 4.39 Å². The Kier molecular flexibility index (Phi) is 3.59. The number of imidazole rings is 1. The molecule has 2 aromatic carbocycles. The average Bonchev–Trinajstić information content (AvgIpc) is 2.85. The quantitative estimate of drug-likeness (QED) is 0.714. The predicted molar refractivity (Wildman–Crippen MR) is 76.1 cm³/mol. The van der Waals surface area contributed by atoms with Crippen LogP contribution in [0.4, 0.5) is 4.39 Å². The predicted octanol–water partition coefficient (Wildman–Crippen LogP) is 1.57. The first-order valence-electron chi connectivity index (χ1n) is 6.34. The van der Waals surface area contributed by atoms with E-state index in [1.54, 1.807) is 36.7 Å². The number of hydrogen-bond donors (Lipinski definition) is 2. The molecule has 0 radical (unpaired) electrons. The average molecular weight is 286 g/mol. The zero-order valence-electron chi connectivity index (χ0n) is 11.0. The molecule has 0 aliphatic heterocycles. The second-order valence-corrected chi connectivity index (χ2v) is 4.57. The fourth-order valence-electron chi connectivity index (χ4n) is 2.17. The van der Waals surface area contributed by atoms with Crippen LogP contribution >= 0.6 is 0 Å². The molecule has 0 fully saturated rings. The van der Waals surface area contributed by atoms with Crippen LogP contribution < -0.4 is 4.65 Å². The van der Waals surface area contributed by atoms with E-state index in [-0.39, 0.29) is 5.82 Å². The summed E-state index contributed by atoms with van der Waals surface area (Å²) in [4.78, 5) is 4.07. The van der Waals surface area contributed by atoms with Crippen molar-refractivity contribution in [2.45, 2.75) is 6.54 Å². The summed E-state index contributed by atoms with van der Waals surface area (Å²) in [5.74, 6) is 0.0159. The van der Waals surface area contributed by atoms with Gasteiger partial charge < -0.3 is 19.3 Å². The van der Waals surface area contributed by atoms with Gasteiger partial charge in [-0.25, -0.2) is 9.37 Å². The van der Waals surface area contributed by atoms with Gasteiger partial charge in [-0.2, -0.15) is 0 Å². The molecule has 0 saturated heterocycles. The molecular formula is C14H12BFN2O3. The van der Waals surface area contributed by atoms with Gasteiger partial charge in [0.05, 0.1) is 11.8 Å². The Morgan fingerprint density at radius 3 is 2.62 bits per heavy atom. The molecule has 0 bridgehead atoms. The van der Waals surface area contributed by atoms with Crippen LogP contribution in [0.5, 0.6) is 5.75 Å². The number of nitrogens with zero attached hydrogens (tertiary/aromatic N) is 2. The van der Waals surface area contributed by atoms with Crippen molar-refractivity contribution in [1.29, 1.82) is 0 Å². The minimum atomic E-state index is -1.84. The Hall–Kier alpha value is -2.38. The lowest BCUT2D eigenvalue weighted by Crippen LogP contribution is -2.20. The number of fused-ring (bicyclic) bond motifs is 1. The number of aromatic nitrogens is 2. The molecule has 1 heterocycles. The lowest BCUT2D eigenvalue weighted by Gasteiger charge is -2.07. The Morgan fingerprint density at radius 2 is 1.90 bits per heavy atom. The molecule has 1 aromatic heterocycles. The summed E-state index contributed by atoms with van der Waals surface area (Å²) in [5.41, 5.74) is 2.03. The van der Waals surface area contributed by atoms with Gasteiger partial charge in [-0.15, -0.1) is 0 Å². The standard InChI is InChI=1S/C14H12BFN2O3/c16-12-2-1-3-13-14(12)17-9-18(13)8-10-4-6-11(7-5-10)21-15(19)20/h1-7,9,19-20H,8H2. The van der Waals surface area contributed by atoms with Gasteiger partial charge in [0.1, 0.15) is 11.3 Å². The molecule has 5 nitrogen and oxygen atoms in total. The minimum absolute atomic E-state index is 0.341. The summed E-state index contributed by atoms with van der Waals surface area (Å²) in [5, 5.41) is 17.4. The van der Waals surface area contributed by atoms with Crippen LogP contribution in [0.25, 0.3) is 11.0 Å². The Morgan fingerprint density at radius 1 is 1.14 bits per heavy atom. The van der Waals surface area contributed by atoms with Crippen molar-refractivity contribution in [1.82, 2.24) is 9.55 Å². The van der Waals surface area contributed by atoms with Gasteiger partial charge in [0.25, 0.3) is 0 Å². The van der Waals surface area contributed by atoms with Crippen molar-refractivity contribution in [2.75, 3.05) is 0 Å². The fourth-order valence-corrected chi connectivity index (χ4v) is 2.17. The molecule has 21 heavy (non-hydrogen) atoms. The summed E-state index contributed by atoms with van der Waals surface area (Å²) in [6, 6.07) is 11.7. The third-order valence-electron chi connectivity index (χ3n) is 3.12. The van der Waals surface area contributed by atoms with Crippen LogP contribution in [-0.2, 0) is 6.54 Å². The van der Waals surface area contributed by atoms with Gasteiger partial charge in [0.2, 0.25) is 0 Å². The summed E-state index contributed by atoms with van der Waals surface area (Å²) in [6.45, 7) is 0.530. The Balaban J connectivity index is 1.83. The van der Waals surface area contributed by atoms with Crippen molar-refractivity contribution in [3.63, 3.8) is 0 Å². The third-order valence-corrected chi connectivity index (χ3v) is 3.12. The molecular weight excluding hydrogens is 274 g/mol. The van der Waals surface area contributed by atoms with Crippen LogP contribution in [0.2, 0.25) is 0 Å². The Labute approximate surface area is 120 Å². The number of rotatable bonds is 4. The van der Waals surface area contributed by atoms with Gasteiger partial charge in [0, 0.05) is 6.54 Å². The number of halogens is 1. The molecule has 0 aliphatic carbocycles. The van der Waals surface area contributed by atoms with E-state index >= 15 is 0 Å². The summed E-state index contributed by atoms with van der Waals surface area (Å²) in [6.07, 6.45) is 1.59. The lowest BCUT2D eigenvalue weighted by atomic mass is 10.2. The lowest BCUT2D eigenvalue weighted by molar-refractivity contribution is 0.288. The second-order valence-electron chi connectivity index (χ2n) is 4.57. The molecule has 3 rings (SSSR count). The number of hydrogen-bond acceptors (Lipinski definition) is 4. The van der Waals surface area contributed by atoms with Gasteiger partial charge >= 0.3 is 7.32 Å². The SMILES string of the molecule is OB(O)Oc1ccc(Cn2cnc3c(F)cccc32)cc1. The van der Waals surface area contributed by atoms with Crippen molar-refractivity contribution < 1.29 is 19.1 Å². The molecule has 0 unspecified atom stereocenters. The second kappa shape index (κ2) is 5.55. The highest BCUT2D eigenvalue weighted by molar-refractivity contribution is 6.33. The molecule has 3 aromatic rings. The first kappa shape index (κ1) is 13.6. The summed E-state index contributed by atoms with van der Waals surface area (Å²) < 4.78 is 20.1. The largest absolute Gasteiger partial charge is 0.707 e. The van der Waals surface area contributed by atoms with Gasteiger partial charge in [0.15, 0.2) is 5.82 Å². The van der Waals surface area contributed by atoms with E-state index in [1.165, 1.54) is 6.07 Å². The molecule has 7 heteroatoms. The highest BCUT2D eigenvalue weighted by Crippen LogP contribution is 2.18. The van der Waals surface area contributed by atoms with Gasteiger partial charge in [-0.05, 0) is 29.8 Å². The normalized spacial score (nSPS) is 10.8. The molecule has 0 amide bonds. The van der Waals surface area contributed by atoms with Crippen molar-refractivity contribution in [3.05, 3.63) is 60.2 Å². The van der Waals surface area contributed by atoms with Crippen molar-refractivity contribution >= 4 is 18.4 Å². The van der Waals surface area contributed by atoms with Crippen LogP contribution in [0.3, 0.4) is 0 Å². The van der Waals surface area contributed by atoms with E-state index in [0.29, 0.717) is 17.8 Å². The molecule has 2 N–H and O–H groups in total. The number of benzene rings is 2. The molecule has 0 aliphatic rings. The van der Waals surface area contributed by atoms with E-state index in [0.717, 1.165) is 11.1 Å². The maximum Gasteiger partial charge on any atom is 0.707 e. The number of para-hydroxylation sites is 1. The van der Waals surface area contributed by atoms with Crippen molar-refractivity contribution in [2.24, 2.45) is 0 Å². The van der Waals surface area contributed by atoms with Crippen LogP contribution in [-0.4, -0.2) is 26.9 Å². The maximum atomic E-state index is 13.6. The highest BCUT2D eigenvalue weighted by atomic mass is 19.1. The zero-order valence-corrected chi connectivity index (χ0v) is 11.0. The van der Waals surface area contributed by atoms with E-state index in [2.05, 4.69) is 4.98 Å². The van der Waals surface area contributed by atoms with E-state index in [4.69, 9.17) is 14.7 Å². The van der Waals surface area contributed by atoms with E-state index in [1.807, 2.05) is 10.6 Å². The molecule has 0 saturated carbocycles. The zero-order chi connectivity index (χ0) is 14.8. The van der Waals surface area contributed by atoms with Crippen LogP contribution in [0, 0.1) is 5.82 Å². The highest BCUT2D eigenvalue weighted by Gasteiger charge is 2.11. The first-order chi connectivity index (χ1) is 10.1. The van der Waals surface area contributed by atoms with Gasteiger partial charge in [-0.3, -0.25) is 0 Å². The molecule has 106 valence electrons. The summed E-state index contributed by atoms with van der Waals surface area (Å²) in [7, 11) is -1.84. The third kappa shape index (κ3) is 2.88. The van der Waals surface area contributed by atoms with Crippen molar-refractivity contribution in [3.8, 4) is 5.75 Å². The van der Waals surface area contributed by atoms with Crippen LogP contribution in [0.15, 0.2) is 48.8 Å². The smallest absolute Gasteiger partial charge is 0.512 e. The topological polar surface area (TPSA) is 67.5 Å². The molecule has 0 spiro atoms. The van der Waals surface area contributed by atoms with Crippen LogP contribution in [0.1, 0.15) is 5.56 Å². The summed E-state index contributed by atoms with van der Waals surface area (Å²) >= 11 is 0. The Bertz CT molecular complexity index is 759. The minimum Gasteiger partial charge on any atom is -0.512 e. The first-order valence-corrected chi connectivity index (χ1v) is 6.34. The molecule has 0 atom stereocenters. The van der Waals surface area contributed by atoms with Gasteiger partial charge in [-0.1, -0.05) is 18.2 Å². The maximum absolute atomic E-state index is 13.6. The monoisotopic (exact) mass is 286 g/mol. The van der Waals surface area contributed by atoms with E-state index < -0.39 is 7.32 Å². The fraction of sp³-hybridized carbons (Fsp3) is 0.0714.